The lowest BCUT2D eigenvalue weighted by Crippen LogP contribution is -2.40. The van der Waals surface area contributed by atoms with Gasteiger partial charge in [0.15, 0.2) is 0 Å². The Morgan fingerprint density at radius 2 is 1.41 bits per heavy atom. The maximum absolute atomic E-state index is 12.2. The summed E-state index contributed by atoms with van der Waals surface area (Å²) in [5.74, 6) is -0.354. The summed E-state index contributed by atoms with van der Waals surface area (Å²) < 4.78 is 11.3. The molecule has 1 aliphatic heterocycles. The van der Waals surface area contributed by atoms with E-state index in [9.17, 15) is 9.59 Å². The highest BCUT2D eigenvalue weighted by Gasteiger charge is 2.32. The summed E-state index contributed by atoms with van der Waals surface area (Å²) in [6.07, 6.45) is 7.20. The van der Waals surface area contributed by atoms with Gasteiger partial charge in [-0.15, -0.1) is 0 Å². The molecule has 126 valence electrons. The van der Waals surface area contributed by atoms with Gasteiger partial charge in [0.25, 0.3) is 0 Å². The van der Waals surface area contributed by atoms with E-state index in [4.69, 9.17) is 9.47 Å². The average molecular weight is 311 g/mol. The van der Waals surface area contributed by atoms with Gasteiger partial charge >= 0.3 is 12.1 Å². The molecule has 2 atom stereocenters. The van der Waals surface area contributed by atoms with E-state index in [1.165, 1.54) is 0 Å². The third kappa shape index (κ3) is 4.89. The standard InChI is InChI=1S/C17H29NO4/c1-13(2)16(19)21-14-9-5-3-4-6-10-15(14)22-17(20)18-11-7-8-12-18/h13-15H,3-12H2,1-2H3/t14-,15+/m0/s1. The molecule has 1 saturated carbocycles. The van der Waals surface area contributed by atoms with Crippen LogP contribution in [0.25, 0.3) is 0 Å². The topological polar surface area (TPSA) is 55.8 Å². The predicted octanol–water partition coefficient (Wildman–Crippen LogP) is 3.51. The van der Waals surface area contributed by atoms with Gasteiger partial charge in [0.2, 0.25) is 0 Å². The smallest absolute Gasteiger partial charge is 0.410 e. The second-order valence-corrected chi connectivity index (χ2v) is 6.74. The van der Waals surface area contributed by atoms with E-state index in [2.05, 4.69) is 0 Å². The molecule has 0 radical (unpaired) electrons. The lowest BCUT2D eigenvalue weighted by atomic mass is 9.96. The Morgan fingerprint density at radius 1 is 0.864 bits per heavy atom. The zero-order valence-electron chi connectivity index (χ0n) is 13.9. The maximum Gasteiger partial charge on any atom is 0.410 e. The largest absolute Gasteiger partial charge is 0.458 e. The second kappa shape index (κ2) is 8.39. The first kappa shape index (κ1) is 17.1. The molecule has 1 aliphatic carbocycles. The van der Waals surface area contributed by atoms with Gasteiger partial charge < -0.3 is 14.4 Å². The Hall–Kier alpha value is -1.26. The van der Waals surface area contributed by atoms with Gasteiger partial charge in [-0.2, -0.15) is 0 Å². The van der Waals surface area contributed by atoms with Crippen LogP contribution in [0.15, 0.2) is 0 Å². The Balaban J connectivity index is 1.97. The SMILES string of the molecule is CC(C)C(=O)O[C@H]1CCCCCC[C@H]1OC(=O)N1CCCC1. The van der Waals surface area contributed by atoms with Gasteiger partial charge in [-0.25, -0.2) is 4.79 Å². The quantitative estimate of drug-likeness (QED) is 0.748. The van der Waals surface area contributed by atoms with Crippen LogP contribution in [0, 0.1) is 5.92 Å². The summed E-state index contributed by atoms with van der Waals surface area (Å²) in [5, 5.41) is 0. The van der Waals surface area contributed by atoms with Crippen LogP contribution in [-0.4, -0.2) is 42.3 Å². The molecule has 2 fully saturated rings. The van der Waals surface area contributed by atoms with E-state index in [1.54, 1.807) is 4.90 Å². The van der Waals surface area contributed by atoms with E-state index >= 15 is 0 Å². The minimum Gasteiger partial charge on any atom is -0.458 e. The summed E-state index contributed by atoms with van der Waals surface area (Å²) in [4.78, 5) is 25.9. The van der Waals surface area contributed by atoms with Gasteiger partial charge in [-0.1, -0.05) is 26.7 Å². The monoisotopic (exact) mass is 311 g/mol. The first-order chi connectivity index (χ1) is 10.6. The van der Waals surface area contributed by atoms with Crippen molar-refractivity contribution in [2.24, 2.45) is 5.92 Å². The van der Waals surface area contributed by atoms with Gasteiger partial charge in [0.05, 0.1) is 5.92 Å². The number of carbonyl (C=O) groups is 2. The van der Waals surface area contributed by atoms with E-state index in [-0.39, 0.29) is 30.2 Å². The maximum atomic E-state index is 12.2. The van der Waals surface area contributed by atoms with Crippen molar-refractivity contribution < 1.29 is 19.1 Å². The molecule has 5 nitrogen and oxygen atoms in total. The number of amides is 1. The van der Waals surface area contributed by atoms with Crippen molar-refractivity contribution in [1.29, 1.82) is 0 Å². The fourth-order valence-corrected chi connectivity index (χ4v) is 3.08. The van der Waals surface area contributed by atoms with E-state index in [0.29, 0.717) is 0 Å². The molecule has 0 aromatic heterocycles. The van der Waals surface area contributed by atoms with Crippen molar-refractivity contribution >= 4 is 12.1 Å². The van der Waals surface area contributed by atoms with Gasteiger partial charge in [-0.05, 0) is 38.5 Å². The van der Waals surface area contributed by atoms with E-state index < -0.39 is 0 Å². The molecule has 0 spiro atoms. The van der Waals surface area contributed by atoms with Crippen LogP contribution in [0.1, 0.15) is 65.2 Å². The molecule has 2 aliphatic rings. The highest BCUT2D eigenvalue weighted by molar-refractivity contribution is 5.72. The number of rotatable bonds is 3. The Kier molecular flexibility index (Phi) is 6.52. The summed E-state index contributed by atoms with van der Waals surface area (Å²) in [6, 6.07) is 0. The molecule has 0 aromatic carbocycles. The molecule has 1 amide bonds. The first-order valence-electron chi connectivity index (χ1n) is 8.74. The summed E-state index contributed by atoms with van der Waals surface area (Å²) in [5.41, 5.74) is 0. The zero-order valence-corrected chi connectivity index (χ0v) is 13.9. The summed E-state index contributed by atoms with van der Waals surface area (Å²) in [6.45, 7) is 5.22. The molecule has 1 saturated heterocycles. The van der Waals surface area contributed by atoms with Crippen LogP contribution >= 0.6 is 0 Å². The van der Waals surface area contributed by atoms with E-state index in [1.807, 2.05) is 13.8 Å². The van der Waals surface area contributed by atoms with Crippen molar-refractivity contribution in [1.82, 2.24) is 4.90 Å². The Labute approximate surface area is 133 Å². The first-order valence-corrected chi connectivity index (χ1v) is 8.74. The highest BCUT2D eigenvalue weighted by atomic mass is 16.6. The lowest BCUT2D eigenvalue weighted by molar-refractivity contribution is -0.160. The molecular weight excluding hydrogens is 282 g/mol. The van der Waals surface area contributed by atoms with Gasteiger partial charge in [0, 0.05) is 13.1 Å². The predicted molar refractivity (Wildman–Crippen MR) is 83.5 cm³/mol. The van der Waals surface area contributed by atoms with Crippen LogP contribution in [-0.2, 0) is 14.3 Å². The molecule has 0 unspecified atom stereocenters. The molecule has 0 bridgehead atoms. The van der Waals surface area contributed by atoms with Crippen molar-refractivity contribution in [2.75, 3.05) is 13.1 Å². The molecular formula is C17H29NO4. The fraction of sp³-hybridized carbons (Fsp3) is 0.882. The minimum atomic E-state index is -0.295. The number of nitrogens with zero attached hydrogens (tertiary/aromatic N) is 1. The summed E-state index contributed by atoms with van der Waals surface area (Å²) >= 11 is 0. The Morgan fingerprint density at radius 3 is 1.95 bits per heavy atom. The second-order valence-electron chi connectivity index (χ2n) is 6.74. The summed E-state index contributed by atoms with van der Waals surface area (Å²) in [7, 11) is 0. The normalized spacial score (nSPS) is 26.4. The third-order valence-corrected chi connectivity index (χ3v) is 4.50. The third-order valence-electron chi connectivity index (χ3n) is 4.50. The lowest BCUT2D eigenvalue weighted by Gasteiger charge is -2.30. The van der Waals surface area contributed by atoms with Crippen molar-refractivity contribution in [3.05, 3.63) is 0 Å². The van der Waals surface area contributed by atoms with Crippen LogP contribution in [0.4, 0.5) is 4.79 Å². The fourth-order valence-electron chi connectivity index (χ4n) is 3.08. The molecule has 0 aromatic rings. The van der Waals surface area contributed by atoms with Gasteiger partial charge in [0.1, 0.15) is 12.2 Å². The molecule has 1 heterocycles. The zero-order chi connectivity index (χ0) is 15.9. The molecule has 0 N–H and O–H groups in total. The minimum absolute atomic E-state index is 0.152. The van der Waals surface area contributed by atoms with Crippen molar-refractivity contribution in [3.63, 3.8) is 0 Å². The number of carbonyl (C=O) groups excluding carboxylic acids is 2. The number of hydrogen-bond acceptors (Lipinski definition) is 4. The van der Waals surface area contributed by atoms with Crippen LogP contribution in [0.5, 0.6) is 0 Å². The number of ether oxygens (including phenoxy) is 2. The number of hydrogen-bond donors (Lipinski definition) is 0. The van der Waals surface area contributed by atoms with Crippen molar-refractivity contribution in [3.8, 4) is 0 Å². The average Bonchev–Trinajstić information content (AvgIpc) is 2.99. The molecule has 22 heavy (non-hydrogen) atoms. The Bertz CT molecular complexity index is 377. The van der Waals surface area contributed by atoms with E-state index in [0.717, 1.165) is 64.5 Å². The molecule has 2 rings (SSSR count). The van der Waals surface area contributed by atoms with Crippen LogP contribution in [0.3, 0.4) is 0 Å². The number of esters is 1. The highest BCUT2D eigenvalue weighted by Crippen LogP contribution is 2.24. The van der Waals surface area contributed by atoms with Crippen LogP contribution < -0.4 is 0 Å². The van der Waals surface area contributed by atoms with Crippen LogP contribution in [0.2, 0.25) is 0 Å². The number of likely N-dealkylation sites (tertiary alicyclic amines) is 1. The van der Waals surface area contributed by atoms with Crippen molar-refractivity contribution in [2.45, 2.75) is 77.4 Å². The molecule has 5 heteroatoms. The van der Waals surface area contributed by atoms with Gasteiger partial charge in [-0.3, -0.25) is 4.79 Å².